The monoisotopic (exact) mass is 480 g/mol. The largest absolute Gasteiger partial charge is 0.480 e. The van der Waals surface area contributed by atoms with Gasteiger partial charge in [-0.2, -0.15) is 0 Å². The molecule has 3 atom stereocenters. The molecule has 2 aliphatic rings. The van der Waals surface area contributed by atoms with Crippen molar-refractivity contribution in [2.24, 2.45) is 0 Å². The number of aliphatic hydroxyl groups excluding tert-OH is 1. The van der Waals surface area contributed by atoms with Gasteiger partial charge >= 0.3 is 12.1 Å². The first-order valence-corrected chi connectivity index (χ1v) is 12.2. The van der Waals surface area contributed by atoms with Crippen molar-refractivity contribution in [3.05, 3.63) is 59.7 Å². The van der Waals surface area contributed by atoms with Gasteiger partial charge in [0.05, 0.1) is 6.10 Å². The first kappa shape index (κ1) is 24.7. The molecule has 3 N–H and O–H groups in total. The third kappa shape index (κ3) is 5.48. The minimum absolute atomic E-state index is 0.0127. The maximum Gasteiger partial charge on any atom is 0.407 e. The number of amides is 2. The van der Waals surface area contributed by atoms with Gasteiger partial charge < -0.3 is 25.2 Å². The molecule has 1 saturated heterocycles. The number of benzene rings is 2. The molecule has 0 aromatic heterocycles. The summed E-state index contributed by atoms with van der Waals surface area (Å²) >= 11 is 0. The van der Waals surface area contributed by atoms with E-state index in [1.807, 2.05) is 43.3 Å². The highest BCUT2D eigenvalue weighted by molar-refractivity contribution is 5.85. The predicted octanol–water partition coefficient (Wildman–Crippen LogP) is 3.52. The lowest BCUT2D eigenvalue weighted by atomic mass is 9.98. The van der Waals surface area contributed by atoms with Gasteiger partial charge in [0.2, 0.25) is 5.91 Å². The molecule has 1 heterocycles. The number of carboxylic acid groups (broad SMARTS) is 1. The molecule has 2 aromatic rings. The molecule has 0 bridgehead atoms. The van der Waals surface area contributed by atoms with Crippen LogP contribution in [0.2, 0.25) is 0 Å². The molecule has 1 unspecified atom stereocenters. The number of aliphatic hydroxyl groups is 1. The summed E-state index contributed by atoms with van der Waals surface area (Å²) in [5.41, 5.74) is 4.52. The molecule has 8 nitrogen and oxygen atoms in total. The zero-order chi connectivity index (χ0) is 24.9. The van der Waals surface area contributed by atoms with Gasteiger partial charge in [-0.15, -0.1) is 0 Å². The molecule has 1 aliphatic carbocycles. The molecule has 1 aliphatic heterocycles. The van der Waals surface area contributed by atoms with Gasteiger partial charge in [-0.1, -0.05) is 68.3 Å². The smallest absolute Gasteiger partial charge is 0.407 e. The fraction of sp³-hybridized carbons (Fsp3) is 0.444. The maximum atomic E-state index is 12.9. The van der Waals surface area contributed by atoms with Crippen LogP contribution in [0.5, 0.6) is 0 Å². The van der Waals surface area contributed by atoms with Crippen LogP contribution in [-0.2, 0) is 14.3 Å². The van der Waals surface area contributed by atoms with E-state index in [1.165, 1.54) is 4.90 Å². The first-order chi connectivity index (χ1) is 16.9. The number of β-amino-alcohol motifs (C(OH)–C–C–N with tert-alkyl or cyclic N) is 1. The Morgan fingerprint density at radius 2 is 1.71 bits per heavy atom. The zero-order valence-corrected chi connectivity index (χ0v) is 19.9. The molecule has 8 heteroatoms. The molecule has 2 aromatic carbocycles. The number of carbonyl (C=O) groups excluding carboxylic acids is 2. The molecule has 4 rings (SSSR count). The average molecular weight is 481 g/mol. The quantitative estimate of drug-likeness (QED) is 0.506. The lowest BCUT2D eigenvalue weighted by Crippen LogP contribution is -2.45. The van der Waals surface area contributed by atoms with Crippen LogP contribution in [0.3, 0.4) is 0 Å². The molecular formula is C27H32N2O6. The predicted molar refractivity (Wildman–Crippen MR) is 130 cm³/mol. The molecule has 0 radical (unpaired) electrons. The molecule has 0 spiro atoms. The fourth-order valence-electron chi connectivity index (χ4n) is 5.13. The SMILES string of the molecule is CCCCC(CC(=O)N1C[C@H](O)C[C@@H]1C(=O)O)NC(=O)OCC1c2ccccc2-c2ccccc21. The first-order valence-electron chi connectivity index (χ1n) is 12.2. The van der Waals surface area contributed by atoms with Gasteiger partial charge in [-0.05, 0) is 28.7 Å². The number of unbranched alkanes of at least 4 members (excludes halogenated alkanes) is 1. The number of likely N-dealkylation sites (tertiary alicyclic amines) is 1. The number of hydrogen-bond donors (Lipinski definition) is 3. The van der Waals surface area contributed by atoms with E-state index < -0.39 is 36.2 Å². The van der Waals surface area contributed by atoms with E-state index in [0.717, 1.165) is 35.1 Å². The van der Waals surface area contributed by atoms with Crippen molar-refractivity contribution >= 4 is 18.0 Å². The number of hydrogen-bond acceptors (Lipinski definition) is 5. The van der Waals surface area contributed by atoms with Gasteiger partial charge in [-0.25, -0.2) is 9.59 Å². The summed E-state index contributed by atoms with van der Waals surface area (Å²) in [5.74, 6) is -1.59. The van der Waals surface area contributed by atoms with Gasteiger partial charge in [0.15, 0.2) is 0 Å². The third-order valence-electron chi connectivity index (χ3n) is 6.88. The summed E-state index contributed by atoms with van der Waals surface area (Å²) in [5, 5.41) is 22.1. The number of carboxylic acids is 1. The highest BCUT2D eigenvalue weighted by Crippen LogP contribution is 2.44. The van der Waals surface area contributed by atoms with E-state index in [4.69, 9.17) is 4.74 Å². The topological polar surface area (TPSA) is 116 Å². The van der Waals surface area contributed by atoms with Crippen molar-refractivity contribution in [2.75, 3.05) is 13.2 Å². The number of aliphatic carboxylic acids is 1. The van der Waals surface area contributed by atoms with Crippen molar-refractivity contribution < 1.29 is 29.3 Å². The second-order valence-electron chi connectivity index (χ2n) is 9.30. The molecule has 2 amide bonds. The number of rotatable bonds is 9. The van der Waals surface area contributed by atoms with Gasteiger partial charge in [0, 0.05) is 31.3 Å². The van der Waals surface area contributed by atoms with Crippen LogP contribution < -0.4 is 5.32 Å². The van der Waals surface area contributed by atoms with Crippen molar-refractivity contribution in [3.63, 3.8) is 0 Å². The van der Waals surface area contributed by atoms with Crippen molar-refractivity contribution in [2.45, 2.75) is 63.1 Å². The number of fused-ring (bicyclic) bond motifs is 3. The molecule has 35 heavy (non-hydrogen) atoms. The Balaban J connectivity index is 1.39. The number of nitrogens with one attached hydrogen (secondary N) is 1. The Hall–Kier alpha value is -3.39. The van der Waals surface area contributed by atoms with Gasteiger partial charge in [0.25, 0.3) is 0 Å². The Bertz CT molecular complexity index is 1040. The number of nitrogens with zero attached hydrogens (tertiary/aromatic N) is 1. The van der Waals surface area contributed by atoms with Crippen LogP contribution in [0.15, 0.2) is 48.5 Å². The van der Waals surface area contributed by atoms with Crippen LogP contribution >= 0.6 is 0 Å². The minimum atomic E-state index is -1.13. The van der Waals surface area contributed by atoms with Crippen LogP contribution in [0, 0.1) is 0 Å². The second kappa shape index (κ2) is 10.9. The maximum absolute atomic E-state index is 12.9. The normalized spacial score (nSPS) is 19.7. The summed E-state index contributed by atoms with van der Waals surface area (Å²) in [7, 11) is 0. The Kier molecular flexibility index (Phi) is 7.70. The van der Waals surface area contributed by atoms with Gasteiger partial charge in [-0.3, -0.25) is 4.79 Å². The Morgan fingerprint density at radius 1 is 1.09 bits per heavy atom. The third-order valence-corrected chi connectivity index (χ3v) is 6.88. The Morgan fingerprint density at radius 3 is 2.31 bits per heavy atom. The molecule has 0 saturated carbocycles. The lowest BCUT2D eigenvalue weighted by molar-refractivity contribution is -0.148. The summed E-state index contributed by atoms with van der Waals surface area (Å²) in [6.45, 7) is 2.18. The van der Waals surface area contributed by atoms with Crippen molar-refractivity contribution in [3.8, 4) is 11.1 Å². The Labute approximate surface area is 204 Å². The minimum Gasteiger partial charge on any atom is -0.480 e. The standard InChI is InChI=1S/C27H32N2O6/c1-2-3-8-17(13-25(31)29-15-18(30)14-24(29)26(32)33)28-27(34)35-16-23-21-11-6-4-9-19(21)20-10-5-7-12-22(20)23/h4-7,9-12,17-18,23-24,30H,2-3,8,13-16H2,1H3,(H,28,34)(H,32,33)/t17?,18-,24-/m1/s1. The summed E-state index contributed by atoms with van der Waals surface area (Å²) < 4.78 is 5.62. The van der Waals surface area contributed by atoms with Crippen LogP contribution in [-0.4, -0.2) is 64.4 Å². The van der Waals surface area contributed by atoms with E-state index in [2.05, 4.69) is 17.4 Å². The number of alkyl carbamates (subject to hydrolysis) is 1. The van der Waals surface area contributed by atoms with Crippen LogP contribution in [0.4, 0.5) is 4.79 Å². The number of carbonyl (C=O) groups is 3. The van der Waals surface area contributed by atoms with Crippen molar-refractivity contribution in [1.29, 1.82) is 0 Å². The fourth-order valence-corrected chi connectivity index (χ4v) is 5.13. The summed E-state index contributed by atoms with van der Waals surface area (Å²) in [4.78, 5) is 38.3. The summed E-state index contributed by atoms with van der Waals surface area (Å²) in [6.07, 6.45) is 0.771. The zero-order valence-electron chi connectivity index (χ0n) is 19.9. The van der Waals surface area contributed by atoms with E-state index in [9.17, 15) is 24.6 Å². The second-order valence-corrected chi connectivity index (χ2v) is 9.30. The average Bonchev–Trinajstić information content (AvgIpc) is 3.39. The molecular weight excluding hydrogens is 448 g/mol. The highest BCUT2D eigenvalue weighted by atomic mass is 16.5. The van der Waals surface area contributed by atoms with Crippen LogP contribution in [0.25, 0.3) is 11.1 Å². The van der Waals surface area contributed by atoms with Crippen LogP contribution in [0.1, 0.15) is 56.1 Å². The molecule has 186 valence electrons. The van der Waals surface area contributed by atoms with E-state index in [1.54, 1.807) is 0 Å². The number of ether oxygens (including phenoxy) is 1. The van der Waals surface area contributed by atoms with Crippen molar-refractivity contribution in [1.82, 2.24) is 10.2 Å². The van der Waals surface area contributed by atoms with E-state index >= 15 is 0 Å². The summed E-state index contributed by atoms with van der Waals surface area (Å²) in [6, 6.07) is 14.7. The highest BCUT2D eigenvalue weighted by Gasteiger charge is 2.39. The van der Waals surface area contributed by atoms with Gasteiger partial charge in [0.1, 0.15) is 12.6 Å². The van der Waals surface area contributed by atoms with E-state index in [0.29, 0.717) is 6.42 Å². The van der Waals surface area contributed by atoms with E-state index in [-0.39, 0.29) is 31.9 Å². The molecule has 1 fully saturated rings. The lowest BCUT2D eigenvalue weighted by Gasteiger charge is -2.25.